The van der Waals surface area contributed by atoms with Gasteiger partial charge in [-0.15, -0.1) is 11.3 Å². The molecule has 0 saturated heterocycles. The molecule has 0 aliphatic carbocycles. The van der Waals surface area contributed by atoms with Crippen molar-refractivity contribution < 1.29 is 12.6 Å². The predicted octanol–water partition coefficient (Wildman–Crippen LogP) is 1.39. The second-order valence-electron chi connectivity index (χ2n) is 2.00. The van der Waals surface area contributed by atoms with E-state index in [4.69, 9.17) is 4.18 Å². The molecule has 68 valence electrons. The minimum atomic E-state index is -3.42. The maximum Gasteiger partial charge on any atom is 0.310 e. The molecule has 0 fully saturated rings. The van der Waals surface area contributed by atoms with E-state index in [0.29, 0.717) is 5.06 Å². The molecule has 1 rings (SSSR count). The number of thiol groups is 1. The first-order valence-corrected chi connectivity index (χ1v) is 6.29. The van der Waals surface area contributed by atoms with Crippen molar-refractivity contribution in [1.29, 1.82) is 0 Å². The second kappa shape index (κ2) is 4.15. The monoisotopic (exact) mass is 224 g/mol. The molecule has 0 aliphatic heterocycles. The summed E-state index contributed by atoms with van der Waals surface area (Å²) in [6, 6.07) is 3.34. The van der Waals surface area contributed by atoms with Crippen molar-refractivity contribution in [2.45, 2.75) is 0 Å². The Balaban J connectivity index is 2.63. The highest BCUT2D eigenvalue weighted by Crippen LogP contribution is 2.20. The molecule has 0 spiro atoms. The molecule has 0 atom stereocenters. The second-order valence-corrected chi connectivity index (χ2v) is 5.05. The van der Waals surface area contributed by atoms with Crippen molar-refractivity contribution in [3.05, 3.63) is 17.5 Å². The van der Waals surface area contributed by atoms with Crippen molar-refractivity contribution in [3.63, 3.8) is 0 Å². The van der Waals surface area contributed by atoms with E-state index in [0.717, 1.165) is 0 Å². The first kappa shape index (κ1) is 9.88. The Morgan fingerprint density at radius 2 is 2.33 bits per heavy atom. The lowest BCUT2D eigenvalue weighted by molar-refractivity contribution is 0.494. The van der Waals surface area contributed by atoms with E-state index >= 15 is 0 Å². The number of hydrogen-bond donors (Lipinski definition) is 1. The standard InChI is InChI=1S/C6H8O3S3/c7-12(8,5-3-10)9-6-2-1-4-11-6/h1-2,4,10H,3,5H2. The Bertz CT molecular complexity index is 314. The lowest BCUT2D eigenvalue weighted by Gasteiger charge is -2.01. The van der Waals surface area contributed by atoms with Gasteiger partial charge in [0.1, 0.15) is 0 Å². The van der Waals surface area contributed by atoms with Crippen LogP contribution in [0.2, 0.25) is 0 Å². The van der Waals surface area contributed by atoms with Crippen molar-refractivity contribution in [3.8, 4) is 5.06 Å². The molecule has 1 aromatic rings. The molecule has 0 saturated carbocycles. The summed E-state index contributed by atoms with van der Waals surface area (Å²) in [6.07, 6.45) is 0. The van der Waals surface area contributed by atoms with Crippen LogP contribution in [0.3, 0.4) is 0 Å². The van der Waals surface area contributed by atoms with E-state index in [1.165, 1.54) is 11.3 Å². The van der Waals surface area contributed by atoms with E-state index in [2.05, 4.69) is 12.6 Å². The fraction of sp³-hybridized carbons (Fsp3) is 0.333. The molecule has 6 heteroatoms. The van der Waals surface area contributed by atoms with Gasteiger partial charge in [-0.25, -0.2) is 0 Å². The molecule has 0 unspecified atom stereocenters. The summed E-state index contributed by atoms with van der Waals surface area (Å²) in [4.78, 5) is 0. The summed E-state index contributed by atoms with van der Waals surface area (Å²) >= 11 is 5.06. The van der Waals surface area contributed by atoms with Crippen LogP contribution in [0.1, 0.15) is 0 Å². The summed E-state index contributed by atoms with van der Waals surface area (Å²) in [5, 5.41) is 2.16. The van der Waals surface area contributed by atoms with E-state index in [9.17, 15) is 8.42 Å². The van der Waals surface area contributed by atoms with Crippen LogP contribution in [0.5, 0.6) is 5.06 Å². The number of hydrogen-bond acceptors (Lipinski definition) is 5. The van der Waals surface area contributed by atoms with Crippen LogP contribution < -0.4 is 4.18 Å². The zero-order valence-electron chi connectivity index (χ0n) is 6.13. The summed E-state index contributed by atoms with van der Waals surface area (Å²) in [5.41, 5.74) is 0. The van der Waals surface area contributed by atoms with Crippen LogP contribution in [-0.2, 0) is 10.1 Å². The van der Waals surface area contributed by atoms with Gasteiger partial charge in [0.25, 0.3) is 0 Å². The van der Waals surface area contributed by atoms with Gasteiger partial charge in [-0.3, -0.25) is 0 Å². The third-order valence-electron chi connectivity index (χ3n) is 1.05. The zero-order chi connectivity index (χ0) is 9.03. The maximum atomic E-state index is 11.0. The fourth-order valence-corrected chi connectivity index (χ4v) is 2.79. The summed E-state index contributed by atoms with van der Waals surface area (Å²) in [5.74, 6) is 0.210. The summed E-state index contributed by atoms with van der Waals surface area (Å²) in [6.45, 7) is 0. The molecule has 1 aromatic heterocycles. The van der Waals surface area contributed by atoms with Gasteiger partial charge in [0.15, 0.2) is 5.06 Å². The lowest BCUT2D eigenvalue weighted by Crippen LogP contribution is -2.13. The minimum absolute atomic E-state index is 0.0615. The minimum Gasteiger partial charge on any atom is -0.371 e. The first-order chi connectivity index (χ1) is 5.64. The van der Waals surface area contributed by atoms with E-state index in [1.54, 1.807) is 17.5 Å². The lowest BCUT2D eigenvalue weighted by atomic mass is 10.7. The normalized spacial score (nSPS) is 11.4. The number of rotatable bonds is 4. The highest BCUT2D eigenvalue weighted by Gasteiger charge is 2.11. The summed E-state index contributed by atoms with van der Waals surface area (Å²) < 4.78 is 26.8. The topological polar surface area (TPSA) is 43.4 Å². The Labute approximate surface area is 80.9 Å². The molecular weight excluding hydrogens is 216 g/mol. The van der Waals surface area contributed by atoms with Gasteiger partial charge in [-0.2, -0.15) is 21.0 Å². The van der Waals surface area contributed by atoms with Crippen molar-refractivity contribution in [2.24, 2.45) is 0 Å². The predicted molar refractivity (Wildman–Crippen MR) is 52.6 cm³/mol. The van der Waals surface area contributed by atoms with E-state index in [1.807, 2.05) is 0 Å². The SMILES string of the molecule is O=S(=O)(CCS)Oc1cccs1. The Morgan fingerprint density at radius 1 is 1.58 bits per heavy atom. The van der Waals surface area contributed by atoms with Crippen LogP contribution in [0.25, 0.3) is 0 Å². The van der Waals surface area contributed by atoms with Crippen molar-refractivity contribution in [1.82, 2.24) is 0 Å². The Morgan fingerprint density at radius 3 is 2.83 bits per heavy atom. The van der Waals surface area contributed by atoms with Gasteiger partial charge in [0.05, 0.1) is 5.75 Å². The molecular formula is C6H8O3S3. The third-order valence-corrected chi connectivity index (χ3v) is 3.56. The molecule has 12 heavy (non-hydrogen) atoms. The average Bonchev–Trinajstić information content (AvgIpc) is 2.38. The van der Waals surface area contributed by atoms with Crippen LogP contribution in [0, 0.1) is 0 Å². The highest BCUT2D eigenvalue weighted by molar-refractivity contribution is 7.88. The molecule has 1 heterocycles. The van der Waals surface area contributed by atoms with Gasteiger partial charge < -0.3 is 4.18 Å². The fourth-order valence-electron chi connectivity index (χ4n) is 0.590. The molecule has 0 aromatic carbocycles. The van der Waals surface area contributed by atoms with Gasteiger partial charge in [-0.1, -0.05) is 0 Å². The van der Waals surface area contributed by atoms with Gasteiger partial charge in [0, 0.05) is 5.75 Å². The van der Waals surface area contributed by atoms with Crippen LogP contribution >= 0.6 is 24.0 Å². The average molecular weight is 224 g/mol. The summed E-state index contributed by atoms with van der Waals surface area (Å²) in [7, 11) is -3.42. The van der Waals surface area contributed by atoms with Crippen molar-refractivity contribution in [2.75, 3.05) is 11.5 Å². The number of thiophene rings is 1. The molecule has 0 bridgehead atoms. The van der Waals surface area contributed by atoms with Crippen LogP contribution in [0.15, 0.2) is 17.5 Å². The third kappa shape index (κ3) is 3.04. The zero-order valence-corrected chi connectivity index (χ0v) is 8.66. The Hall–Kier alpha value is -0.200. The molecule has 3 nitrogen and oxygen atoms in total. The van der Waals surface area contributed by atoms with Gasteiger partial charge in [-0.05, 0) is 17.5 Å². The van der Waals surface area contributed by atoms with Crippen LogP contribution in [-0.4, -0.2) is 19.9 Å². The smallest absolute Gasteiger partial charge is 0.310 e. The first-order valence-electron chi connectivity index (χ1n) is 3.20. The van der Waals surface area contributed by atoms with E-state index in [-0.39, 0.29) is 11.5 Å². The van der Waals surface area contributed by atoms with Gasteiger partial charge in [0.2, 0.25) is 0 Å². The van der Waals surface area contributed by atoms with Crippen LogP contribution in [0.4, 0.5) is 0 Å². The Kier molecular flexibility index (Phi) is 3.42. The van der Waals surface area contributed by atoms with Crippen molar-refractivity contribution >= 4 is 34.1 Å². The molecule has 0 amide bonds. The quantitative estimate of drug-likeness (QED) is 0.621. The molecule has 0 aliphatic rings. The van der Waals surface area contributed by atoms with Gasteiger partial charge >= 0.3 is 10.1 Å². The molecule has 0 N–H and O–H groups in total. The largest absolute Gasteiger partial charge is 0.371 e. The molecule has 0 radical (unpaired) electrons. The van der Waals surface area contributed by atoms with E-state index < -0.39 is 10.1 Å². The highest BCUT2D eigenvalue weighted by atomic mass is 32.2. The maximum absolute atomic E-state index is 11.0.